The predicted molar refractivity (Wildman–Crippen MR) is 69.5 cm³/mol. The molecule has 2 bridgehead atoms. The second-order valence-electron chi connectivity index (χ2n) is 6.54. The summed E-state index contributed by atoms with van der Waals surface area (Å²) in [5.41, 5.74) is 0.194. The summed E-state index contributed by atoms with van der Waals surface area (Å²) in [6.45, 7) is 1.87. The summed E-state index contributed by atoms with van der Waals surface area (Å²) in [5, 5.41) is 3.47. The van der Waals surface area contributed by atoms with E-state index in [9.17, 15) is 8.78 Å². The maximum absolute atomic E-state index is 13.7. The van der Waals surface area contributed by atoms with E-state index in [4.69, 9.17) is 0 Å². The van der Waals surface area contributed by atoms with Crippen LogP contribution in [0.4, 0.5) is 8.78 Å². The van der Waals surface area contributed by atoms with Crippen molar-refractivity contribution in [1.82, 2.24) is 5.32 Å². The lowest BCUT2D eigenvalue weighted by Crippen LogP contribution is -2.27. The Morgan fingerprint density at radius 2 is 1.68 bits per heavy atom. The summed E-state index contributed by atoms with van der Waals surface area (Å²) in [6, 6.07) is 4.37. The molecule has 1 N–H and O–H groups in total. The van der Waals surface area contributed by atoms with Gasteiger partial charge in [-0.2, -0.15) is 0 Å². The second kappa shape index (κ2) is 4.02. The quantitative estimate of drug-likeness (QED) is 0.877. The van der Waals surface area contributed by atoms with Gasteiger partial charge in [0.1, 0.15) is 11.6 Å². The van der Waals surface area contributed by atoms with E-state index in [1.165, 1.54) is 37.5 Å². The second-order valence-corrected chi connectivity index (χ2v) is 6.54. The van der Waals surface area contributed by atoms with Crippen LogP contribution in [0.15, 0.2) is 18.2 Å². The molecule has 0 spiro atoms. The monoisotopic (exact) mass is 263 g/mol. The van der Waals surface area contributed by atoms with Crippen molar-refractivity contribution in [1.29, 1.82) is 0 Å². The first-order valence-corrected chi connectivity index (χ1v) is 7.37. The minimum Gasteiger partial charge on any atom is -0.307 e. The summed E-state index contributed by atoms with van der Waals surface area (Å²) in [6.07, 6.45) is 4.13. The van der Waals surface area contributed by atoms with Gasteiger partial charge in [-0.15, -0.1) is 0 Å². The number of fused-ring (bicyclic) bond motifs is 5. The number of benzene rings is 1. The molecule has 0 amide bonds. The molecule has 1 nitrogen and oxygen atoms in total. The molecule has 0 heterocycles. The summed E-state index contributed by atoms with van der Waals surface area (Å²) in [7, 11) is 0. The molecule has 102 valence electrons. The molecule has 1 aromatic carbocycles. The summed E-state index contributed by atoms with van der Waals surface area (Å²) < 4.78 is 27.5. The number of rotatable bonds is 3. The van der Waals surface area contributed by atoms with Crippen LogP contribution in [0.1, 0.15) is 37.8 Å². The highest BCUT2D eigenvalue weighted by atomic mass is 19.1. The van der Waals surface area contributed by atoms with Gasteiger partial charge < -0.3 is 5.32 Å². The van der Waals surface area contributed by atoms with E-state index < -0.39 is 11.6 Å². The lowest BCUT2D eigenvalue weighted by molar-refractivity contribution is 0.416. The van der Waals surface area contributed by atoms with E-state index in [1.54, 1.807) is 0 Å². The summed E-state index contributed by atoms with van der Waals surface area (Å²) in [4.78, 5) is 0. The first-order chi connectivity index (χ1) is 9.16. The van der Waals surface area contributed by atoms with Crippen LogP contribution in [0.25, 0.3) is 0 Å². The zero-order valence-corrected chi connectivity index (χ0v) is 11.1. The van der Waals surface area contributed by atoms with E-state index in [1.807, 2.05) is 6.92 Å². The van der Waals surface area contributed by atoms with Gasteiger partial charge in [0.05, 0.1) is 0 Å². The number of hydrogen-bond donors (Lipinski definition) is 1. The van der Waals surface area contributed by atoms with E-state index in [0.29, 0.717) is 6.04 Å². The highest BCUT2D eigenvalue weighted by Gasteiger charge is 2.64. The SMILES string of the molecule is CC(NC1C2C3CCC(C3)C12)c1c(F)cccc1F. The van der Waals surface area contributed by atoms with Crippen molar-refractivity contribution in [3.8, 4) is 0 Å². The topological polar surface area (TPSA) is 12.0 Å². The Labute approximate surface area is 112 Å². The molecule has 19 heavy (non-hydrogen) atoms. The third-order valence-electron chi connectivity index (χ3n) is 5.61. The van der Waals surface area contributed by atoms with Crippen molar-refractivity contribution in [3.63, 3.8) is 0 Å². The van der Waals surface area contributed by atoms with E-state index in [0.717, 1.165) is 23.7 Å². The fourth-order valence-electron chi connectivity index (χ4n) is 4.84. The first-order valence-electron chi connectivity index (χ1n) is 7.37. The molecular formula is C16H19F2N. The fraction of sp³-hybridized carbons (Fsp3) is 0.625. The molecule has 5 unspecified atom stereocenters. The minimum atomic E-state index is -0.436. The lowest BCUT2D eigenvalue weighted by Gasteiger charge is -2.18. The average molecular weight is 263 g/mol. The third kappa shape index (κ3) is 1.67. The Morgan fingerprint density at radius 3 is 2.26 bits per heavy atom. The van der Waals surface area contributed by atoms with E-state index in [-0.39, 0.29) is 11.6 Å². The molecule has 5 atom stereocenters. The Kier molecular flexibility index (Phi) is 2.50. The van der Waals surface area contributed by atoms with Crippen molar-refractivity contribution >= 4 is 0 Å². The van der Waals surface area contributed by atoms with Gasteiger partial charge in [0, 0.05) is 17.6 Å². The molecule has 0 aliphatic heterocycles. The van der Waals surface area contributed by atoms with Gasteiger partial charge in [0.25, 0.3) is 0 Å². The number of hydrogen-bond acceptors (Lipinski definition) is 1. The Morgan fingerprint density at radius 1 is 1.11 bits per heavy atom. The van der Waals surface area contributed by atoms with Gasteiger partial charge in [-0.05, 0) is 62.0 Å². The molecular weight excluding hydrogens is 244 g/mol. The van der Waals surface area contributed by atoms with Crippen molar-refractivity contribution in [3.05, 3.63) is 35.4 Å². The predicted octanol–water partition coefficient (Wildman–Crippen LogP) is 3.66. The van der Waals surface area contributed by atoms with Crippen LogP contribution < -0.4 is 5.32 Å². The molecule has 3 saturated carbocycles. The Balaban J connectivity index is 1.50. The van der Waals surface area contributed by atoms with Crippen LogP contribution in [-0.4, -0.2) is 6.04 Å². The fourth-order valence-corrected chi connectivity index (χ4v) is 4.84. The largest absolute Gasteiger partial charge is 0.307 e. The van der Waals surface area contributed by atoms with Crippen LogP contribution in [0.5, 0.6) is 0 Å². The van der Waals surface area contributed by atoms with Gasteiger partial charge in [-0.25, -0.2) is 8.78 Å². The first kappa shape index (κ1) is 11.8. The molecule has 3 heteroatoms. The molecule has 3 aliphatic rings. The minimum absolute atomic E-state index is 0.194. The Hall–Kier alpha value is -0.960. The van der Waals surface area contributed by atoms with Gasteiger partial charge >= 0.3 is 0 Å². The van der Waals surface area contributed by atoms with Gasteiger partial charge in [-0.3, -0.25) is 0 Å². The van der Waals surface area contributed by atoms with Crippen molar-refractivity contribution in [2.45, 2.75) is 38.3 Å². The molecule has 0 radical (unpaired) electrons. The summed E-state index contributed by atoms with van der Waals surface area (Å²) in [5.74, 6) is 2.46. The molecule has 3 fully saturated rings. The van der Waals surface area contributed by atoms with Crippen LogP contribution in [0.3, 0.4) is 0 Å². The molecule has 3 aliphatic carbocycles. The van der Waals surface area contributed by atoms with Crippen LogP contribution in [-0.2, 0) is 0 Å². The normalized spacial score (nSPS) is 40.3. The van der Waals surface area contributed by atoms with Gasteiger partial charge in [0.15, 0.2) is 0 Å². The summed E-state index contributed by atoms with van der Waals surface area (Å²) >= 11 is 0. The maximum Gasteiger partial charge on any atom is 0.130 e. The standard InChI is InChI=1S/C16H19F2N/c1-8(13-11(17)3-2-4-12(13)18)19-16-14-9-5-6-10(7-9)15(14)16/h2-4,8-10,14-16,19H,5-7H2,1H3. The maximum atomic E-state index is 13.7. The molecule has 4 rings (SSSR count). The van der Waals surface area contributed by atoms with E-state index >= 15 is 0 Å². The smallest absolute Gasteiger partial charge is 0.130 e. The average Bonchev–Trinajstić information content (AvgIpc) is 2.78. The van der Waals surface area contributed by atoms with Crippen LogP contribution >= 0.6 is 0 Å². The van der Waals surface area contributed by atoms with Crippen LogP contribution in [0, 0.1) is 35.3 Å². The van der Waals surface area contributed by atoms with Gasteiger partial charge in [0.2, 0.25) is 0 Å². The number of nitrogens with one attached hydrogen (secondary N) is 1. The van der Waals surface area contributed by atoms with Crippen molar-refractivity contribution in [2.75, 3.05) is 0 Å². The van der Waals surface area contributed by atoms with Gasteiger partial charge in [-0.1, -0.05) is 6.07 Å². The molecule has 0 aromatic heterocycles. The van der Waals surface area contributed by atoms with Crippen LogP contribution in [0.2, 0.25) is 0 Å². The highest BCUT2D eigenvalue weighted by molar-refractivity contribution is 5.25. The zero-order valence-electron chi connectivity index (χ0n) is 11.1. The lowest BCUT2D eigenvalue weighted by atomic mass is 10.0. The Bertz CT molecular complexity index is 479. The molecule has 1 aromatic rings. The highest BCUT2D eigenvalue weighted by Crippen LogP contribution is 2.65. The third-order valence-corrected chi connectivity index (χ3v) is 5.61. The molecule has 0 saturated heterocycles. The number of halogens is 2. The van der Waals surface area contributed by atoms with Crippen molar-refractivity contribution < 1.29 is 8.78 Å². The van der Waals surface area contributed by atoms with E-state index in [2.05, 4.69) is 5.32 Å². The zero-order chi connectivity index (χ0) is 13.1. The van der Waals surface area contributed by atoms with Crippen molar-refractivity contribution in [2.24, 2.45) is 23.7 Å².